The van der Waals surface area contributed by atoms with Crippen molar-refractivity contribution in [2.24, 2.45) is 22.2 Å². The van der Waals surface area contributed by atoms with Gasteiger partial charge < -0.3 is 0 Å². The van der Waals surface area contributed by atoms with Gasteiger partial charge >= 0.3 is 0 Å². The predicted octanol–water partition coefficient (Wildman–Crippen LogP) is 12.1. The summed E-state index contributed by atoms with van der Waals surface area (Å²) >= 11 is 0. The molecule has 2 aromatic carbocycles. The molecule has 0 saturated heterocycles. The molecule has 5 rings (SSSR count). The standard InChI is InChI=1S/C42H54/c1-24(2)19-32-15-17-33(18-16-32)35-20-34(25(3)4)36-22-40(12)23-41(13)21-27(7)37(26(5)6)30(10)42(41,14)31(11)39(40)29(9)38(36)28(35)8/h15-18,20,24-25H,5,9-10,19,21-23H2,1-4,6-8,11-14H3/t40-,41+,42-/m1/s1. The van der Waals surface area contributed by atoms with E-state index in [1.165, 1.54) is 72.4 Å². The molecule has 222 valence electrons. The summed E-state index contributed by atoms with van der Waals surface area (Å²) in [6, 6.07) is 11.8. The van der Waals surface area contributed by atoms with E-state index in [1.54, 1.807) is 0 Å². The van der Waals surface area contributed by atoms with E-state index in [0.717, 1.165) is 31.3 Å². The molecule has 42 heavy (non-hydrogen) atoms. The van der Waals surface area contributed by atoms with Crippen molar-refractivity contribution in [2.45, 2.75) is 108 Å². The molecule has 0 amide bonds. The monoisotopic (exact) mass is 558 g/mol. The summed E-state index contributed by atoms with van der Waals surface area (Å²) in [5.74, 6) is 1.11. The van der Waals surface area contributed by atoms with E-state index in [2.05, 4.69) is 113 Å². The SMILES string of the molecule is C=C(C)C1=C(C)C[C@@]2(C)C[C@@]3(C)Cc4c(C(C)C)cc(-c5ccc(CC(C)C)cc5)c(C)c4C(=C)C3=C(C)[C@@]2(C)C1=C. The van der Waals surface area contributed by atoms with Crippen molar-refractivity contribution in [1.82, 2.24) is 0 Å². The first kappa shape index (κ1) is 30.6. The molecule has 0 fully saturated rings. The van der Waals surface area contributed by atoms with Crippen LogP contribution in [0.25, 0.3) is 16.7 Å². The first-order chi connectivity index (χ1) is 19.5. The second-order valence-corrected chi connectivity index (χ2v) is 15.6. The van der Waals surface area contributed by atoms with Crippen LogP contribution in [0.2, 0.25) is 0 Å². The Morgan fingerprint density at radius 3 is 2.10 bits per heavy atom. The molecule has 0 aliphatic heterocycles. The Balaban J connectivity index is 1.73. The molecule has 0 heterocycles. The van der Waals surface area contributed by atoms with E-state index in [9.17, 15) is 0 Å². The number of rotatable bonds is 5. The molecule has 0 spiro atoms. The number of hydrogen-bond donors (Lipinski definition) is 0. The Hall–Kier alpha value is -2.86. The normalized spacial score (nSPS) is 27.5. The number of hydrogen-bond acceptors (Lipinski definition) is 0. The van der Waals surface area contributed by atoms with Crippen LogP contribution in [0.5, 0.6) is 0 Å². The van der Waals surface area contributed by atoms with E-state index < -0.39 is 0 Å². The molecule has 3 atom stereocenters. The molecular weight excluding hydrogens is 504 g/mol. The average Bonchev–Trinajstić information content (AvgIpc) is 2.86. The zero-order valence-electron chi connectivity index (χ0n) is 28.5. The fraction of sp³-hybridized carbons (Fsp3) is 0.476. The van der Waals surface area contributed by atoms with Crippen molar-refractivity contribution in [3.63, 3.8) is 0 Å². The van der Waals surface area contributed by atoms with Crippen LogP contribution in [-0.4, -0.2) is 0 Å². The molecule has 3 aliphatic carbocycles. The van der Waals surface area contributed by atoms with Crippen LogP contribution in [0, 0.1) is 29.1 Å². The van der Waals surface area contributed by atoms with Gasteiger partial charge in [-0.1, -0.05) is 115 Å². The van der Waals surface area contributed by atoms with Crippen LogP contribution in [0.1, 0.15) is 116 Å². The molecule has 0 aromatic heterocycles. The Kier molecular flexibility index (Phi) is 7.36. The first-order valence-corrected chi connectivity index (χ1v) is 16.2. The van der Waals surface area contributed by atoms with Crippen LogP contribution in [0.3, 0.4) is 0 Å². The lowest BCUT2D eigenvalue weighted by molar-refractivity contribution is 0.0543. The summed E-state index contributed by atoms with van der Waals surface area (Å²) in [4.78, 5) is 0. The van der Waals surface area contributed by atoms with Gasteiger partial charge in [-0.05, 0) is 137 Å². The average molecular weight is 559 g/mol. The largest absolute Gasteiger partial charge is 0.0955 e. The van der Waals surface area contributed by atoms with Gasteiger partial charge in [0, 0.05) is 5.41 Å². The summed E-state index contributed by atoms with van der Waals surface area (Å²) in [5, 5.41) is 0. The van der Waals surface area contributed by atoms with Gasteiger partial charge in [0.2, 0.25) is 0 Å². The van der Waals surface area contributed by atoms with Crippen molar-refractivity contribution in [2.75, 3.05) is 0 Å². The van der Waals surface area contributed by atoms with Crippen molar-refractivity contribution in [1.29, 1.82) is 0 Å². The molecule has 0 bridgehead atoms. The minimum absolute atomic E-state index is 0.0415. The lowest BCUT2D eigenvalue weighted by atomic mass is 9.41. The van der Waals surface area contributed by atoms with Gasteiger partial charge in [-0.25, -0.2) is 0 Å². The maximum Gasteiger partial charge on any atom is 0.0194 e. The molecule has 2 aromatic rings. The number of benzene rings is 2. The van der Waals surface area contributed by atoms with E-state index in [0.29, 0.717) is 11.8 Å². The van der Waals surface area contributed by atoms with Crippen molar-refractivity contribution in [3.05, 3.63) is 111 Å². The Morgan fingerprint density at radius 1 is 0.929 bits per heavy atom. The molecule has 0 saturated carbocycles. The van der Waals surface area contributed by atoms with Gasteiger partial charge in [0.05, 0.1) is 0 Å². The summed E-state index contributed by atoms with van der Waals surface area (Å²) < 4.78 is 0. The Bertz CT molecular complexity index is 1580. The van der Waals surface area contributed by atoms with E-state index >= 15 is 0 Å². The lowest BCUT2D eigenvalue weighted by Gasteiger charge is -2.62. The zero-order valence-corrected chi connectivity index (χ0v) is 28.5. The third-order valence-electron chi connectivity index (χ3n) is 11.6. The van der Waals surface area contributed by atoms with Crippen LogP contribution in [0.4, 0.5) is 0 Å². The molecular formula is C42H54. The second kappa shape index (κ2) is 10.1. The smallest absolute Gasteiger partial charge is 0.0194 e. The van der Waals surface area contributed by atoms with Gasteiger partial charge in [0.25, 0.3) is 0 Å². The highest BCUT2D eigenvalue weighted by atomic mass is 14.6. The summed E-state index contributed by atoms with van der Waals surface area (Å²) in [7, 11) is 0. The summed E-state index contributed by atoms with van der Waals surface area (Å²) in [5.41, 5.74) is 19.2. The summed E-state index contributed by atoms with van der Waals surface area (Å²) in [6.45, 7) is 40.2. The summed E-state index contributed by atoms with van der Waals surface area (Å²) in [6.07, 6.45) is 4.42. The minimum atomic E-state index is -0.130. The Morgan fingerprint density at radius 2 is 1.55 bits per heavy atom. The molecule has 0 heteroatoms. The van der Waals surface area contributed by atoms with Crippen molar-refractivity contribution in [3.8, 4) is 11.1 Å². The molecule has 0 nitrogen and oxygen atoms in total. The van der Waals surface area contributed by atoms with Gasteiger partial charge in [0.15, 0.2) is 0 Å². The molecule has 0 N–H and O–H groups in total. The highest BCUT2D eigenvalue weighted by Crippen LogP contribution is 2.70. The van der Waals surface area contributed by atoms with Crippen LogP contribution >= 0.6 is 0 Å². The van der Waals surface area contributed by atoms with Crippen molar-refractivity contribution >= 4 is 5.57 Å². The van der Waals surface area contributed by atoms with Gasteiger partial charge in [-0.15, -0.1) is 0 Å². The van der Waals surface area contributed by atoms with Crippen molar-refractivity contribution < 1.29 is 0 Å². The highest BCUT2D eigenvalue weighted by molar-refractivity contribution is 5.90. The first-order valence-electron chi connectivity index (χ1n) is 16.2. The fourth-order valence-electron chi connectivity index (χ4n) is 9.73. The van der Waals surface area contributed by atoms with Gasteiger partial charge in [0.1, 0.15) is 0 Å². The van der Waals surface area contributed by atoms with E-state index in [-0.39, 0.29) is 16.2 Å². The topological polar surface area (TPSA) is 0 Å². The fourth-order valence-corrected chi connectivity index (χ4v) is 9.73. The lowest BCUT2D eigenvalue weighted by Crippen LogP contribution is -2.52. The minimum Gasteiger partial charge on any atom is -0.0955 e. The van der Waals surface area contributed by atoms with Crippen LogP contribution < -0.4 is 0 Å². The maximum atomic E-state index is 4.95. The molecule has 0 unspecified atom stereocenters. The highest BCUT2D eigenvalue weighted by Gasteiger charge is 2.59. The van der Waals surface area contributed by atoms with Crippen LogP contribution in [0.15, 0.2) is 83.5 Å². The third-order valence-corrected chi connectivity index (χ3v) is 11.6. The zero-order chi connectivity index (χ0) is 31.1. The molecule has 0 radical (unpaired) electrons. The maximum absolute atomic E-state index is 4.95. The predicted molar refractivity (Wildman–Crippen MR) is 185 cm³/mol. The van der Waals surface area contributed by atoms with Gasteiger partial charge in [-0.3, -0.25) is 0 Å². The Labute approximate surface area is 257 Å². The molecule has 3 aliphatic rings. The van der Waals surface area contributed by atoms with Gasteiger partial charge in [-0.2, -0.15) is 0 Å². The number of fused-ring (bicyclic) bond motifs is 3. The van der Waals surface area contributed by atoms with E-state index in [1.807, 2.05) is 0 Å². The third kappa shape index (κ3) is 4.31. The quantitative estimate of drug-likeness (QED) is 0.342. The van der Waals surface area contributed by atoms with E-state index in [4.69, 9.17) is 13.2 Å². The number of allylic oxidation sites excluding steroid dienone is 7. The second-order valence-electron chi connectivity index (χ2n) is 15.6. The van der Waals surface area contributed by atoms with Crippen LogP contribution in [-0.2, 0) is 12.8 Å².